The van der Waals surface area contributed by atoms with Gasteiger partial charge in [0.05, 0.1) is 0 Å². The van der Waals surface area contributed by atoms with E-state index < -0.39 is 24.5 Å². The second-order valence-electron chi connectivity index (χ2n) is 6.50. The lowest BCUT2D eigenvalue weighted by Crippen LogP contribution is -2.47. The third kappa shape index (κ3) is 6.11. The molecule has 0 atom stereocenters. The first kappa shape index (κ1) is 23.8. The first-order chi connectivity index (χ1) is 15.6. The predicted molar refractivity (Wildman–Crippen MR) is 110 cm³/mol. The number of aromatic nitrogens is 3. The van der Waals surface area contributed by atoms with Gasteiger partial charge in [-0.3, -0.25) is 4.90 Å². The van der Waals surface area contributed by atoms with Gasteiger partial charge in [-0.15, -0.1) is 6.58 Å². The van der Waals surface area contributed by atoms with E-state index in [0.717, 1.165) is 0 Å². The summed E-state index contributed by atoms with van der Waals surface area (Å²) in [6.07, 6.45) is -14.2. The molecule has 0 saturated carbocycles. The summed E-state index contributed by atoms with van der Waals surface area (Å²) in [5, 5.41) is 2.63. The highest BCUT2D eigenvalue weighted by Crippen LogP contribution is 2.37. The molecular formula is C21H17F6N5O. The molecule has 2 aromatic carbocycles. The molecule has 1 N–H and O–H groups in total. The molecule has 1 aromatic heterocycles. The van der Waals surface area contributed by atoms with Gasteiger partial charge in [-0.2, -0.15) is 41.3 Å². The maximum Gasteiger partial charge on any atom is 0.434 e. The zero-order valence-corrected chi connectivity index (χ0v) is 16.8. The van der Waals surface area contributed by atoms with Gasteiger partial charge in [0.25, 0.3) is 6.10 Å². The lowest BCUT2D eigenvalue weighted by Gasteiger charge is -2.25. The molecule has 1 heterocycles. The fourth-order valence-electron chi connectivity index (χ4n) is 2.70. The van der Waals surface area contributed by atoms with Crippen LogP contribution in [0.25, 0.3) is 0 Å². The third-order valence-electron chi connectivity index (χ3n) is 4.05. The van der Waals surface area contributed by atoms with Gasteiger partial charge < -0.3 is 10.1 Å². The maximum absolute atomic E-state index is 13.0. The van der Waals surface area contributed by atoms with Crippen LogP contribution in [0.1, 0.15) is 0 Å². The van der Waals surface area contributed by atoms with Gasteiger partial charge >= 0.3 is 18.4 Å². The van der Waals surface area contributed by atoms with E-state index in [1.165, 1.54) is 11.0 Å². The molecule has 0 bridgehead atoms. The third-order valence-corrected chi connectivity index (χ3v) is 4.05. The minimum Gasteiger partial charge on any atom is -0.440 e. The Balaban J connectivity index is 2.14. The van der Waals surface area contributed by atoms with Crippen molar-refractivity contribution in [3.05, 3.63) is 73.3 Å². The normalized spacial score (nSPS) is 11.8. The Morgan fingerprint density at radius 2 is 1.36 bits per heavy atom. The van der Waals surface area contributed by atoms with Crippen molar-refractivity contribution in [1.82, 2.24) is 15.0 Å². The second-order valence-corrected chi connectivity index (χ2v) is 6.50. The van der Waals surface area contributed by atoms with Crippen LogP contribution in [0.5, 0.6) is 6.01 Å². The summed E-state index contributed by atoms with van der Waals surface area (Å²) in [4.78, 5) is 12.9. The molecule has 12 heteroatoms. The minimum absolute atomic E-state index is 0.0849. The maximum atomic E-state index is 13.0. The second kappa shape index (κ2) is 9.76. The van der Waals surface area contributed by atoms with E-state index >= 15 is 0 Å². The molecule has 3 aromatic rings. The van der Waals surface area contributed by atoms with Crippen LogP contribution in [0.2, 0.25) is 0 Å². The number of halogens is 6. The van der Waals surface area contributed by atoms with Crippen molar-refractivity contribution in [2.75, 3.05) is 16.8 Å². The Bertz CT molecular complexity index is 1010. The summed E-state index contributed by atoms with van der Waals surface area (Å²) in [6.45, 7) is 3.58. The summed E-state index contributed by atoms with van der Waals surface area (Å²) < 4.78 is 82.5. The van der Waals surface area contributed by atoms with Gasteiger partial charge in [0, 0.05) is 17.9 Å². The van der Waals surface area contributed by atoms with Gasteiger partial charge in [-0.25, -0.2) is 0 Å². The SMILES string of the molecule is C=CCNc1nc(OC(C(F)(F)F)C(F)(F)F)nc(N(c2ccccc2)c2ccccc2)n1. The van der Waals surface area contributed by atoms with Crippen LogP contribution < -0.4 is 15.0 Å². The van der Waals surface area contributed by atoms with Crippen molar-refractivity contribution >= 4 is 23.3 Å². The number of nitrogens with one attached hydrogen (secondary N) is 1. The number of hydrogen-bond donors (Lipinski definition) is 1. The number of anilines is 4. The molecule has 0 unspecified atom stereocenters. The monoisotopic (exact) mass is 469 g/mol. The number of nitrogens with zero attached hydrogens (tertiary/aromatic N) is 4. The number of alkyl halides is 6. The average molecular weight is 469 g/mol. The molecule has 0 saturated heterocycles. The van der Waals surface area contributed by atoms with Crippen LogP contribution in [0, 0.1) is 0 Å². The largest absolute Gasteiger partial charge is 0.440 e. The quantitative estimate of drug-likeness (QED) is 0.332. The van der Waals surface area contributed by atoms with E-state index in [9.17, 15) is 26.3 Å². The Labute approximate surface area is 184 Å². The van der Waals surface area contributed by atoms with Crippen molar-refractivity contribution in [3.63, 3.8) is 0 Å². The summed E-state index contributed by atoms with van der Waals surface area (Å²) in [7, 11) is 0. The predicted octanol–water partition coefficient (Wildman–Crippen LogP) is 5.81. The van der Waals surface area contributed by atoms with Gasteiger partial charge in [-0.05, 0) is 24.3 Å². The molecule has 0 aliphatic rings. The highest BCUT2D eigenvalue weighted by Gasteiger charge is 2.59. The standard InChI is InChI=1S/C21H17F6N5O/c1-2-13-28-17-29-18(31-19(30-17)33-16(20(22,23)24)21(25,26)27)32(14-9-5-3-6-10-14)15-11-7-4-8-12-15/h2-12,16H,1,13H2,(H,28,29,30,31). The molecule has 0 amide bonds. The van der Waals surface area contributed by atoms with Crippen molar-refractivity contribution in [2.45, 2.75) is 18.5 Å². The van der Waals surface area contributed by atoms with E-state index in [0.29, 0.717) is 11.4 Å². The molecular weight excluding hydrogens is 452 g/mol. The average Bonchev–Trinajstić information content (AvgIpc) is 2.76. The zero-order chi connectivity index (χ0) is 24.1. The highest BCUT2D eigenvalue weighted by atomic mass is 19.4. The molecule has 6 nitrogen and oxygen atoms in total. The van der Waals surface area contributed by atoms with Crippen LogP contribution in [-0.2, 0) is 0 Å². The van der Waals surface area contributed by atoms with Gasteiger partial charge in [0.1, 0.15) is 0 Å². The van der Waals surface area contributed by atoms with E-state index in [4.69, 9.17) is 0 Å². The summed E-state index contributed by atoms with van der Waals surface area (Å²) in [6, 6.07) is 15.8. The molecule has 0 radical (unpaired) electrons. The van der Waals surface area contributed by atoms with Crippen LogP contribution in [0.3, 0.4) is 0 Å². The Hall–Kier alpha value is -3.83. The molecule has 0 aliphatic carbocycles. The van der Waals surface area contributed by atoms with Crippen LogP contribution >= 0.6 is 0 Å². The first-order valence-electron chi connectivity index (χ1n) is 9.40. The van der Waals surface area contributed by atoms with Crippen molar-refractivity contribution in [2.24, 2.45) is 0 Å². The fourth-order valence-corrected chi connectivity index (χ4v) is 2.70. The van der Waals surface area contributed by atoms with Crippen molar-refractivity contribution < 1.29 is 31.1 Å². The molecule has 0 aliphatic heterocycles. The Kier molecular flexibility index (Phi) is 7.04. The Morgan fingerprint density at radius 1 is 0.848 bits per heavy atom. The number of ether oxygens (including phenoxy) is 1. The fraction of sp³-hybridized carbons (Fsp3) is 0.190. The summed E-state index contributed by atoms with van der Waals surface area (Å²) in [5.41, 5.74) is 0.998. The highest BCUT2D eigenvalue weighted by molar-refractivity contribution is 5.72. The zero-order valence-electron chi connectivity index (χ0n) is 16.8. The number of benzene rings is 2. The van der Waals surface area contributed by atoms with E-state index in [1.54, 1.807) is 60.7 Å². The molecule has 174 valence electrons. The van der Waals surface area contributed by atoms with Crippen molar-refractivity contribution in [3.8, 4) is 6.01 Å². The first-order valence-corrected chi connectivity index (χ1v) is 9.40. The summed E-state index contributed by atoms with van der Waals surface area (Å²) in [5.74, 6) is -0.554. The van der Waals surface area contributed by atoms with Crippen LogP contribution in [-0.4, -0.2) is 40.0 Å². The minimum atomic E-state index is -5.74. The number of para-hydroxylation sites is 2. The van der Waals surface area contributed by atoms with Crippen LogP contribution in [0.4, 0.5) is 49.6 Å². The van der Waals surface area contributed by atoms with Crippen molar-refractivity contribution in [1.29, 1.82) is 0 Å². The van der Waals surface area contributed by atoms with E-state index in [2.05, 4.69) is 31.6 Å². The van der Waals surface area contributed by atoms with Gasteiger partial charge in [-0.1, -0.05) is 42.5 Å². The number of rotatable bonds is 8. The lowest BCUT2D eigenvalue weighted by atomic mass is 10.2. The lowest BCUT2D eigenvalue weighted by molar-refractivity contribution is -0.301. The molecule has 0 fully saturated rings. The molecule has 33 heavy (non-hydrogen) atoms. The van der Waals surface area contributed by atoms with E-state index in [-0.39, 0.29) is 18.4 Å². The molecule has 3 rings (SSSR count). The smallest absolute Gasteiger partial charge is 0.434 e. The number of hydrogen-bond acceptors (Lipinski definition) is 6. The Morgan fingerprint density at radius 3 is 1.82 bits per heavy atom. The van der Waals surface area contributed by atoms with Gasteiger partial charge in [0.15, 0.2) is 0 Å². The molecule has 0 spiro atoms. The summed E-state index contributed by atoms with van der Waals surface area (Å²) >= 11 is 0. The topological polar surface area (TPSA) is 63.2 Å². The van der Waals surface area contributed by atoms with Crippen LogP contribution in [0.15, 0.2) is 73.3 Å². The van der Waals surface area contributed by atoms with Gasteiger partial charge in [0.2, 0.25) is 11.9 Å². The van der Waals surface area contributed by atoms with E-state index in [1.807, 2.05) is 0 Å².